The molecule has 3 rings (SSSR count). The second-order valence-electron chi connectivity index (χ2n) is 4.36. The van der Waals surface area contributed by atoms with Gasteiger partial charge in [0.25, 0.3) is 0 Å². The molecule has 0 bridgehead atoms. The van der Waals surface area contributed by atoms with E-state index < -0.39 is 0 Å². The molecule has 0 spiro atoms. The first kappa shape index (κ1) is 11.1. The van der Waals surface area contributed by atoms with Crippen LogP contribution < -0.4 is 5.32 Å². The lowest BCUT2D eigenvalue weighted by Crippen LogP contribution is -2.18. The topological polar surface area (TPSA) is 25.2 Å². The van der Waals surface area contributed by atoms with Crippen molar-refractivity contribution in [3.8, 4) is 0 Å². The molecule has 0 fully saturated rings. The number of rotatable bonds is 3. The van der Waals surface area contributed by atoms with E-state index in [4.69, 9.17) is 4.42 Å². The second-order valence-corrected chi connectivity index (χ2v) is 5.21. The van der Waals surface area contributed by atoms with Gasteiger partial charge in [-0.3, -0.25) is 0 Å². The fraction of sp³-hybridized carbons (Fsp3) is 0.286. The van der Waals surface area contributed by atoms with E-state index in [0.717, 1.165) is 18.7 Å². The fourth-order valence-corrected chi connectivity index (χ4v) is 3.04. The highest BCUT2D eigenvalue weighted by Crippen LogP contribution is 2.35. The van der Waals surface area contributed by atoms with E-state index in [9.17, 15) is 0 Å². The minimum absolute atomic E-state index is 0.451. The number of hydrogen-bond acceptors (Lipinski definition) is 2. The van der Waals surface area contributed by atoms with Crippen LogP contribution in [0.3, 0.4) is 0 Å². The number of fused-ring (bicyclic) bond motifs is 1. The first-order valence-electron chi connectivity index (χ1n) is 5.87. The van der Waals surface area contributed by atoms with Crippen molar-refractivity contribution >= 4 is 15.9 Å². The number of nitrogens with one attached hydrogen (secondary N) is 1. The molecule has 1 aromatic heterocycles. The Balaban J connectivity index is 1.73. The van der Waals surface area contributed by atoms with E-state index in [2.05, 4.69) is 39.4 Å². The third kappa shape index (κ3) is 2.17. The van der Waals surface area contributed by atoms with Crippen LogP contribution in [0.4, 0.5) is 0 Å². The summed E-state index contributed by atoms with van der Waals surface area (Å²) in [5, 5.41) is 3.55. The van der Waals surface area contributed by atoms with Gasteiger partial charge < -0.3 is 9.73 Å². The maximum Gasteiger partial charge on any atom is 0.117 e. The van der Waals surface area contributed by atoms with Crippen molar-refractivity contribution < 1.29 is 4.42 Å². The van der Waals surface area contributed by atoms with E-state index in [1.807, 2.05) is 12.1 Å². The highest BCUT2D eigenvalue weighted by molar-refractivity contribution is 9.10. The van der Waals surface area contributed by atoms with Gasteiger partial charge in [-0.2, -0.15) is 0 Å². The summed E-state index contributed by atoms with van der Waals surface area (Å²) in [6, 6.07) is 10.8. The quantitative estimate of drug-likeness (QED) is 0.930. The zero-order valence-corrected chi connectivity index (χ0v) is 11.0. The Labute approximate surface area is 109 Å². The smallest absolute Gasteiger partial charge is 0.117 e. The van der Waals surface area contributed by atoms with Gasteiger partial charge in [-0.05, 0) is 42.2 Å². The third-order valence-corrected chi connectivity index (χ3v) is 4.06. The molecule has 88 valence electrons. The average molecular weight is 292 g/mol. The normalized spacial score (nSPS) is 18.3. The van der Waals surface area contributed by atoms with Crippen LogP contribution in [-0.4, -0.2) is 0 Å². The second kappa shape index (κ2) is 4.67. The van der Waals surface area contributed by atoms with Gasteiger partial charge in [-0.15, -0.1) is 0 Å². The van der Waals surface area contributed by atoms with Gasteiger partial charge in [0, 0.05) is 10.5 Å². The lowest BCUT2D eigenvalue weighted by molar-refractivity contribution is 0.448. The van der Waals surface area contributed by atoms with Crippen molar-refractivity contribution in [2.75, 3.05) is 0 Å². The largest absolute Gasteiger partial charge is 0.468 e. The highest BCUT2D eigenvalue weighted by atomic mass is 79.9. The van der Waals surface area contributed by atoms with Crippen molar-refractivity contribution in [1.82, 2.24) is 5.32 Å². The monoisotopic (exact) mass is 291 g/mol. The third-order valence-electron chi connectivity index (χ3n) is 3.32. The van der Waals surface area contributed by atoms with Crippen LogP contribution in [0.1, 0.15) is 29.3 Å². The summed E-state index contributed by atoms with van der Waals surface area (Å²) in [5.41, 5.74) is 2.87. The number of hydrogen-bond donors (Lipinski definition) is 1. The van der Waals surface area contributed by atoms with E-state index >= 15 is 0 Å². The predicted molar refractivity (Wildman–Crippen MR) is 70.8 cm³/mol. The van der Waals surface area contributed by atoms with Crippen molar-refractivity contribution in [3.05, 3.63) is 58.0 Å². The minimum atomic E-state index is 0.451. The van der Waals surface area contributed by atoms with Crippen molar-refractivity contribution in [2.45, 2.75) is 25.4 Å². The lowest BCUT2D eigenvalue weighted by atomic mass is 10.1. The van der Waals surface area contributed by atoms with E-state index in [1.54, 1.807) is 6.26 Å². The van der Waals surface area contributed by atoms with Crippen LogP contribution in [0.15, 0.2) is 45.5 Å². The molecule has 3 heteroatoms. The maximum absolute atomic E-state index is 5.33. The van der Waals surface area contributed by atoms with Gasteiger partial charge >= 0.3 is 0 Å². The molecule has 1 N–H and O–H groups in total. The van der Waals surface area contributed by atoms with Crippen molar-refractivity contribution in [1.29, 1.82) is 0 Å². The van der Waals surface area contributed by atoms with Gasteiger partial charge in [0.1, 0.15) is 5.76 Å². The van der Waals surface area contributed by atoms with Crippen molar-refractivity contribution in [2.24, 2.45) is 0 Å². The first-order chi connectivity index (χ1) is 8.34. The van der Waals surface area contributed by atoms with Crippen molar-refractivity contribution in [3.63, 3.8) is 0 Å². The van der Waals surface area contributed by atoms with E-state index in [0.29, 0.717) is 6.04 Å². The Hall–Kier alpha value is -1.06. The number of halogens is 1. The Kier molecular flexibility index (Phi) is 3.04. The summed E-state index contributed by atoms with van der Waals surface area (Å²) in [4.78, 5) is 0. The molecular weight excluding hydrogens is 278 g/mol. The first-order valence-corrected chi connectivity index (χ1v) is 6.67. The Morgan fingerprint density at radius 1 is 1.29 bits per heavy atom. The fourth-order valence-electron chi connectivity index (χ4n) is 2.46. The molecule has 1 unspecified atom stereocenters. The van der Waals surface area contributed by atoms with E-state index in [1.165, 1.54) is 22.0 Å². The highest BCUT2D eigenvalue weighted by Gasteiger charge is 2.23. The molecule has 1 aromatic carbocycles. The maximum atomic E-state index is 5.33. The average Bonchev–Trinajstić information content (AvgIpc) is 2.95. The molecule has 0 saturated carbocycles. The molecule has 2 aromatic rings. The molecular formula is C14H14BrNO. The van der Waals surface area contributed by atoms with Crippen LogP contribution in [0.5, 0.6) is 0 Å². The van der Waals surface area contributed by atoms with Crippen LogP contribution in [-0.2, 0) is 13.0 Å². The predicted octanol–water partition coefficient (Wildman–Crippen LogP) is 3.82. The standard InChI is InChI=1S/C14H14BrNO/c15-13-5-1-4-12-11(13)6-7-14(12)16-9-10-3-2-8-17-10/h1-5,8,14,16H,6-7,9H2. The zero-order chi connectivity index (χ0) is 11.7. The van der Waals surface area contributed by atoms with Crippen LogP contribution in [0.2, 0.25) is 0 Å². The minimum Gasteiger partial charge on any atom is -0.468 e. The lowest BCUT2D eigenvalue weighted by Gasteiger charge is -2.13. The number of benzene rings is 1. The zero-order valence-electron chi connectivity index (χ0n) is 9.45. The van der Waals surface area contributed by atoms with Crippen LogP contribution in [0, 0.1) is 0 Å². The van der Waals surface area contributed by atoms with Gasteiger partial charge in [-0.1, -0.05) is 28.1 Å². The van der Waals surface area contributed by atoms with E-state index in [-0.39, 0.29) is 0 Å². The summed E-state index contributed by atoms with van der Waals surface area (Å²) in [5.74, 6) is 0.994. The van der Waals surface area contributed by atoms with Crippen LogP contribution in [0.25, 0.3) is 0 Å². The molecule has 17 heavy (non-hydrogen) atoms. The Morgan fingerprint density at radius 3 is 3.06 bits per heavy atom. The Bertz CT molecular complexity index is 507. The van der Waals surface area contributed by atoms with Crippen LogP contribution >= 0.6 is 15.9 Å². The Morgan fingerprint density at radius 2 is 2.24 bits per heavy atom. The molecule has 0 radical (unpaired) electrons. The summed E-state index contributed by atoms with van der Waals surface area (Å²) in [6.07, 6.45) is 4.03. The molecule has 1 aliphatic rings. The molecule has 1 heterocycles. The summed E-state index contributed by atoms with van der Waals surface area (Å²) < 4.78 is 6.57. The molecule has 1 aliphatic carbocycles. The SMILES string of the molecule is Brc1cccc2c1CCC2NCc1ccco1. The molecule has 1 atom stereocenters. The molecule has 0 saturated heterocycles. The van der Waals surface area contributed by atoms with Gasteiger partial charge in [0.15, 0.2) is 0 Å². The number of furan rings is 1. The summed E-state index contributed by atoms with van der Waals surface area (Å²) in [6.45, 7) is 0.795. The molecule has 0 amide bonds. The summed E-state index contributed by atoms with van der Waals surface area (Å²) >= 11 is 3.62. The van der Waals surface area contributed by atoms with Gasteiger partial charge in [-0.25, -0.2) is 0 Å². The van der Waals surface area contributed by atoms with Gasteiger partial charge in [0.2, 0.25) is 0 Å². The van der Waals surface area contributed by atoms with Gasteiger partial charge in [0.05, 0.1) is 12.8 Å². The summed E-state index contributed by atoms with van der Waals surface area (Å²) in [7, 11) is 0. The molecule has 2 nitrogen and oxygen atoms in total. The molecule has 0 aliphatic heterocycles.